The summed E-state index contributed by atoms with van der Waals surface area (Å²) >= 11 is 12.3. The van der Waals surface area contributed by atoms with Crippen molar-refractivity contribution >= 4 is 29.2 Å². The summed E-state index contributed by atoms with van der Waals surface area (Å²) in [7, 11) is 0. The number of hydrogen-bond donors (Lipinski definition) is 0. The lowest BCUT2D eigenvalue weighted by Crippen LogP contribution is -2.26. The summed E-state index contributed by atoms with van der Waals surface area (Å²) in [4.78, 5) is 25.6. The number of aromatic nitrogens is 3. The number of ether oxygens (including phenoxy) is 1. The van der Waals surface area contributed by atoms with Crippen LogP contribution in [-0.4, -0.2) is 26.9 Å². The van der Waals surface area contributed by atoms with Crippen molar-refractivity contribution in [3.63, 3.8) is 0 Å². The van der Waals surface area contributed by atoms with Gasteiger partial charge in [0.1, 0.15) is 17.3 Å². The molecule has 0 aliphatic rings. The molecule has 2 heterocycles. The number of nitriles is 1. The lowest BCUT2D eigenvalue weighted by atomic mass is 10.0. The summed E-state index contributed by atoms with van der Waals surface area (Å²) in [6.07, 6.45) is 1.51. The molecule has 0 spiro atoms. The maximum atomic E-state index is 13.0. The third kappa shape index (κ3) is 4.11. The first-order chi connectivity index (χ1) is 14.4. The van der Waals surface area contributed by atoms with E-state index in [1.165, 1.54) is 16.9 Å². The summed E-state index contributed by atoms with van der Waals surface area (Å²) in [6, 6.07) is 9.92. The molecule has 2 aromatic heterocycles. The van der Waals surface area contributed by atoms with E-state index in [0.29, 0.717) is 39.2 Å². The number of esters is 1. The fourth-order valence-corrected chi connectivity index (χ4v) is 3.54. The molecule has 0 atom stereocenters. The predicted octanol–water partition coefficient (Wildman–Crippen LogP) is 4.14. The van der Waals surface area contributed by atoms with Crippen LogP contribution < -0.4 is 5.43 Å². The van der Waals surface area contributed by atoms with Crippen LogP contribution >= 0.6 is 23.2 Å². The molecule has 7 nitrogen and oxygen atoms in total. The Morgan fingerprint density at radius 2 is 1.97 bits per heavy atom. The Balaban J connectivity index is 2.30. The summed E-state index contributed by atoms with van der Waals surface area (Å²) < 4.78 is 8.44. The molecular weight excluding hydrogens is 427 g/mol. The number of carbonyl (C=O) groups excluding carboxylic acids is 1. The molecule has 0 radical (unpaired) electrons. The normalized spacial score (nSPS) is 10.6. The Kier molecular flexibility index (Phi) is 6.60. The number of hydrogen-bond acceptors (Lipinski definition) is 5. The Morgan fingerprint density at radius 3 is 2.60 bits per heavy atom. The molecule has 30 heavy (non-hydrogen) atoms. The lowest BCUT2D eigenvalue weighted by molar-refractivity contribution is 0.0525. The van der Waals surface area contributed by atoms with E-state index in [1.54, 1.807) is 31.2 Å². The molecule has 9 heteroatoms. The van der Waals surface area contributed by atoms with E-state index in [-0.39, 0.29) is 18.7 Å². The second-order valence-electron chi connectivity index (χ2n) is 6.30. The van der Waals surface area contributed by atoms with Crippen LogP contribution in [0.1, 0.15) is 35.6 Å². The van der Waals surface area contributed by atoms with Crippen LogP contribution in [0, 0.1) is 11.3 Å². The van der Waals surface area contributed by atoms with Crippen molar-refractivity contribution in [2.24, 2.45) is 0 Å². The van der Waals surface area contributed by atoms with Crippen molar-refractivity contribution < 1.29 is 9.53 Å². The first-order valence-electron chi connectivity index (χ1n) is 9.22. The minimum Gasteiger partial charge on any atom is -0.462 e. The molecule has 1 aromatic carbocycles. The van der Waals surface area contributed by atoms with Crippen molar-refractivity contribution in [1.82, 2.24) is 14.3 Å². The van der Waals surface area contributed by atoms with Gasteiger partial charge in [0.25, 0.3) is 0 Å². The number of nitrogens with zero attached hydrogens (tertiary/aromatic N) is 4. The van der Waals surface area contributed by atoms with Gasteiger partial charge in [-0.25, -0.2) is 9.48 Å². The van der Waals surface area contributed by atoms with Gasteiger partial charge in [-0.1, -0.05) is 29.3 Å². The summed E-state index contributed by atoms with van der Waals surface area (Å²) in [5.41, 5.74) is 1.30. The van der Waals surface area contributed by atoms with Gasteiger partial charge in [-0.2, -0.15) is 10.4 Å². The van der Waals surface area contributed by atoms with E-state index in [9.17, 15) is 14.9 Å². The first kappa shape index (κ1) is 21.6. The second-order valence-corrected chi connectivity index (χ2v) is 7.12. The maximum Gasteiger partial charge on any atom is 0.344 e. The van der Waals surface area contributed by atoms with Gasteiger partial charge in [-0.05, 0) is 32.0 Å². The molecule has 0 unspecified atom stereocenters. The Hall–Kier alpha value is -3.08. The van der Waals surface area contributed by atoms with E-state index in [4.69, 9.17) is 27.9 Å². The fraction of sp³-hybridized carbons (Fsp3) is 0.238. The lowest BCUT2D eigenvalue weighted by Gasteiger charge is -2.21. The zero-order valence-electron chi connectivity index (χ0n) is 16.4. The minimum absolute atomic E-state index is 0.0817. The second kappa shape index (κ2) is 9.16. The molecule has 0 aliphatic heterocycles. The highest BCUT2D eigenvalue weighted by Crippen LogP contribution is 2.31. The van der Waals surface area contributed by atoms with Crippen molar-refractivity contribution in [2.75, 3.05) is 6.61 Å². The van der Waals surface area contributed by atoms with Gasteiger partial charge in [-0.3, -0.25) is 4.79 Å². The monoisotopic (exact) mass is 444 g/mol. The number of rotatable bonds is 6. The minimum atomic E-state index is -0.714. The van der Waals surface area contributed by atoms with Crippen LogP contribution in [0.25, 0.3) is 11.3 Å². The Morgan fingerprint density at radius 1 is 1.20 bits per heavy atom. The van der Waals surface area contributed by atoms with Crippen molar-refractivity contribution in [3.05, 3.63) is 73.7 Å². The zero-order valence-corrected chi connectivity index (χ0v) is 17.9. The largest absolute Gasteiger partial charge is 0.462 e. The van der Waals surface area contributed by atoms with Gasteiger partial charge >= 0.3 is 5.97 Å². The summed E-state index contributed by atoms with van der Waals surface area (Å²) in [5.74, 6) is -0.714. The Bertz CT molecular complexity index is 1210. The number of pyridine rings is 1. The molecule has 0 N–H and O–H groups in total. The number of halogens is 2. The van der Waals surface area contributed by atoms with E-state index in [2.05, 4.69) is 11.2 Å². The van der Waals surface area contributed by atoms with Crippen LogP contribution in [0.5, 0.6) is 0 Å². The molecule has 154 valence electrons. The molecule has 0 fully saturated rings. The average Bonchev–Trinajstić information content (AvgIpc) is 3.17. The van der Waals surface area contributed by atoms with Crippen LogP contribution in [0.2, 0.25) is 10.0 Å². The van der Waals surface area contributed by atoms with E-state index in [1.807, 2.05) is 11.5 Å². The standard InChI is InChI=1S/C21H18Cl2N4O3/c1-3-26-15(12-27-14(11-24)7-8-25-27)10-18(28)19(21(29)30-4-2)20(26)13-5-6-16(22)17(23)9-13/h5-10H,3-4,12H2,1-2H3. The molecule has 0 saturated carbocycles. The zero-order chi connectivity index (χ0) is 21.8. The molecule has 0 aliphatic carbocycles. The topological polar surface area (TPSA) is 89.9 Å². The smallest absolute Gasteiger partial charge is 0.344 e. The van der Waals surface area contributed by atoms with Crippen LogP contribution in [-0.2, 0) is 17.8 Å². The molecular formula is C21H18Cl2N4O3. The SMILES string of the molecule is CCOC(=O)c1c(-c2ccc(Cl)c(Cl)c2)n(CC)c(Cn2nccc2C#N)cc1=O. The third-order valence-electron chi connectivity index (χ3n) is 4.53. The number of carbonyl (C=O) groups is 1. The quantitative estimate of drug-likeness (QED) is 0.532. The van der Waals surface area contributed by atoms with Crippen LogP contribution in [0.4, 0.5) is 0 Å². The highest BCUT2D eigenvalue weighted by atomic mass is 35.5. The van der Waals surface area contributed by atoms with Crippen LogP contribution in [0.15, 0.2) is 41.3 Å². The van der Waals surface area contributed by atoms with Crippen molar-refractivity contribution in [3.8, 4) is 17.3 Å². The fourth-order valence-electron chi connectivity index (χ4n) is 3.24. The van der Waals surface area contributed by atoms with E-state index < -0.39 is 11.4 Å². The summed E-state index contributed by atoms with van der Waals surface area (Å²) in [6.45, 7) is 4.31. The van der Waals surface area contributed by atoms with Gasteiger partial charge in [-0.15, -0.1) is 0 Å². The van der Waals surface area contributed by atoms with E-state index in [0.717, 1.165) is 0 Å². The van der Waals surface area contributed by atoms with E-state index >= 15 is 0 Å². The summed E-state index contributed by atoms with van der Waals surface area (Å²) in [5, 5.41) is 14.1. The highest BCUT2D eigenvalue weighted by molar-refractivity contribution is 6.42. The molecule has 0 saturated heterocycles. The highest BCUT2D eigenvalue weighted by Gasteiger charge is 2.24. The van der Waals surface area contributed by atoms with Gasteiger partial charge in [0.05, 0.1) is 35.1 Å². The first-order valence-corrected chi connectivity index (χ1v) is 9.98. The van der Waals surface area contributed by atoms with Gasteiger partial charge in [0.2, 0.25) is 0 Å². The van der Waals surface area contributed by atoms with Gasteiger partial charge in [0, 0.05) is 23.9 Å². The Labute approximate surface area is 183 Å². The van der Waals surface area contributed by atoms with Crippen molar-refractivity contribution in [1.29, 1.82) is 5.26 Å². The molecule has 0 bridgehead atoms. The van der Waals surface area contributed by atoms with Gasteiger partial charge in [0.15, 0.2) is 5.43 Å². The molecule has 3 rings (SSSR count). The van der Waals surface area contributed by atoms with Gasteiger partial charge < -0.3 is 9.30 Å². The van der Waals surface area contributed by atoms with Crippen LogP contribution in [0.3, 0.4) is 0 Å². The predicted molar refractivity (Wildman–Crippen MR) is 114 cm³/mol. The third-order valence-corrected chi connectivity index (χ3v) is 5.27. The maximum absolute atomic E-state index is 13.0. The number of benzene rings is 1. The molecule has 0 amide bonds. The van der Waals surface area contributed by atoms with Crippen molar-refractivity contribution in [2.45, 2.75) is 26.9 Å². The average molecular weight is 445 g/mol. The molecule has 3 aromatic rings.